The van der Waals surface area contributed by atoms with E-state index in [1.54, 1.807) is 36.9 Å². The van der Waals surface area contributed by atoms with Gasteiger partial charge in [0.1, 0.15) is 17.5 Å². The maximum absolute atomic E-state index is 10.8. The normalized spacial score (nSPS) is 11.2. The second-order valence-electron chi connectivity index (χ2n) is 5.65. The van der Waals surface area contributed by atoms with Crippen LogP contribution < -0.4 is 5.11 Å². The molecular weight excluding hydrogens is 368 g/mol. The lowest BCUT2D eigenvalue weighted by Crippen LogP contribution is -2.24. The number of carboxylic acids is 1. The zero-order chi connectivity index (χ0) is 19.6. The van der Waals surface area contributed by atoms with E-state index in [9.17, 15) is 9.90 Å². The molecule has 3 aromatic rings. The van der Waals surface area contributed by atoms with E-state index in [4.69, 9.17) is 9.68 Å². The van der Waals surface area contributed by atoms with Crippen LogP contribution in [0.25, 0.3) is 11.4 Å². The lowest BCUT2D eigenvalue weighted by atomic mass is 10.2. The summed E-state index contributed by atoms with van der Waals surface area (Å²) >= 11 is 0.957. The molecule has 0 spiro atoms. The van der Waals surface area contributed by atoms with E-state index in [0.29, 0.717) is 28.0 Å². The number of carboxylic acid groups (broad SMARTS) is 1. The van der Waals surface area contributed by atoms with E-state index in [1.165, 1.54) is 10.9 Å². The van der Waals surface area contributed by atoms with Crippen LogP contribution in [0.4, 0.5) is 0 Å². The highest BCUT2D eigenvalue weighted by atomic mass is 32.2. The Kier molecular flexibility index (Phi) is 5.14. The van der Waals surface area contributed by atoms with E-state index in [2.05, 4.69) is 21.4 Å². The molecule has 0 N–H and O–H groups in total. The fourth-order valence-electron chi connectivity index (χ4n) is 2.45. The maximum atomic E-state index is 10.8. The number of rotatable bonds is 6. The van der Waals surface area contributed by atoms with Crippen LogP contribution in [-0.4, -0.2) is 37.4 Å². The number of aliphatic carboxylic acids is 1. The van der Waals surface area contributed by atoms with Gasteiger partial charge in [-0.25, -0.2) is 0 Å². The van der Waals surface area contributed by atoms with Crippen LogP contribution >= 0.6 is 11.8 Å². The summed E-state index contributed by atoms with van der Waals surface area (Å²) in [5.41, 5.74) is 2.83. The molecule has 3 rings (SSSR count). The summed E-state index contributed by atoms with van der Waals surface area (Å²) in [6.45, 7) is 3.66. The zero-order valence-electron chi connectivity index (χ0n) is 14.8. The van der Waals surface area contributed by atoms with Crippen LogP contribution in [0.15, 0.2) is 33.1 Å². The summed E-state index contributed by atoms with van der Waals surface area (Å²) in [6.07, 6.45) is 3.11. The molecule has 0 aliphatic heterocycles. The minimum Gasteiger partial charge on any atom is -0.549 e. The average molecular weight is 383 g/mol. The largest absolute Gasteiger partial charge is 0.549 e. The highest BCUT2D eigenvalue weighted by Gasteiger charge is 2.17. The van der Waals surface area contributed by atoms with Gasteiger partial charge in [-0.1, -0.05) is 11.8 Å². The number of nitrogens with zero attached hydrogens (tertiary/aromatic N) is 6. The van der Waals surface area contributed by atoms with Gasteiger partial charge in [-0.2, -0.15) is 15.0 Å². The number of aryl methyl sites for hydroxylation is 1. The molecule has 138 valence electrons. The van der Waals surface area contributed by atoms with Crippen LogP contribution in [0, 0.1) is 25.2 Å². The number of hydrogen-bond acceptors (Lipinski definition) is 8. The Balaban J connectivity index is 2.04. The molecule has 0 saturated heterocycles. The Labute approximate surface area is 158 Å². The van der Waals surface area contributed by atoms with Gasteiger partial charge in [-0.3, -0.25) is 0 Å². The Bertz CT molecular complexity index is 1070. The number of carbonyl (C=O) groups excluding carboxylic acids is 1. The summed E-state index contributed by atoms with van der Waals surface area (Å²) in [5.74, 6) is -0.427. The van der Waals surface area contributed by atoms with Crippen molar-refractivity contribution in [3.8, 4) is 17.5 Å². The van der Waals surface area contributed by atoms with E-state index in [1.807, 2.05) is 6.92 Å². The molecule has 3 aromatic heterocycles. The Morgan fingerprint density at radius 3 is 2.85 bits per heavy atom. The molecule has 0 saturated carbocycles. The molecule has 27 heavy (non-hydrogen) atoms. The summed E-state index contributed by atoms with van der Waals surface area (Å²) < 4.78 is 8.53. The first kappa shape index (κ1) is 18.5. The number of furan rings is 1. The summed E-state index contributed by atoms with van der Waals surface area (Å²) in [5, 5.41) is 32.8. The van der Waals surface area contributed by atoms with Crippen molar-refractivity contribution in [2.45, 2.75) is 19.0 Å². The standard InChI is InChI=1S/C17H16N6O3S/c1-10-12(6-13(7-18)22(10)3)8-19-23-16(14-4-5-26-11(14)2)20-21-17(23)27-9-15(24)25/h4-6,8H,9H2,1-3H3,(H,24,25)/p-1/b19-8-. The van der Waals surface area contributed by atoms with Gasteiger partial charge in [0.15, 0.2) is 5.82 Å². The van der Waals surface area contributed by atoms with Crippen LogP contribution in [0.5, 0.6) is 0 Å². The predicted molar refractivity (Wildman–Crippen MR) is 96.0 cm³/mol. The van der Waals surface area contributed by atoms with Crippen molar-refractivity contribution in [2.24, 2.45) is 12.1 Å². The van der Waals surface area contributed by atoms with Gasteiger partial charge >= 0.3 is 0 Å². The molecule has 0 aliphatic rings. The monoisotopic (exact) mass is 383 g/mol. The number of aromatic nitrogens is 4. The van der Waals surface area contributed by atoms with Crippen LogP contribution in [0.2, 0.25) is 0 Å². The second-order valence-corrected chi connectivity index (χ2v) is 6.60. The third-order valence-electron chi connectivity index (χ3n) is 4.03. The van der Waals surface area contributed by atoms with Crippen molar-refractivity contribution in [1.82, 2.24) is 19.4 Å². The molecule has 0 radical (unpaired) electrons. The van der Waals surface area contributed by atoms with Crippen molar-refractivity contribution in [1.29, 1.82) is 5.26 Å². The van der Waals surface area contributed by atoms with E-state index >= 15 is 0 Å². The van der Waals surface area contributed by atoms with Gasteiger partial charge in [0.2, 0.25) is 5.16 Å². The second kappa shape index (κ2) is 7.51. The maximum Gasteiger partial charge on any atom is 0.212 e. The first-order valence-electron chi connectivity index (χ1n) is 7.85. The summed E-state index contributed by atoms with van der Waals surface area (Å²) in [4.78, 5) is 10.8. The Morgan fingerprint density at radius 2 is 2.26 bits per heavy atom. The van der Waals surface area contributed by atoms with E-state index in [-0.39, 0.29) is 5.75 Å². The van der Waals surface area contributed by atoms with Crippen LogP contribution in [-0.2, 0) is 11.8 Å². The summed E-state index contributed by atoms with van der Waals surface area (Å²) in [7, 11) is 1.80. The number of thioether (sulfide) groups is 1. The van der Waals surface area contributed by atoms with Crippen LogP contribution in [0.3, 0.4) is 0 Å². The molecule has 0 atom stereocenters. The molecule has 0 aliphatic carbocycles. The molecule has 0 amide bonds. The van der Waals surface area contributed by atoms with Gasteiger partial charge in [-0.05, 0) is 26.0 Å². The lowest BCUT2D eigenvalue weighted by Gasteiger charge is -2.04. The van der Waals surface area contributed by atoms with Gasteiger partial charge in [0, 0.05) is 24.1 Å². The molecule has 9 nitrogen and oxygen atoms in total. The third-order valence-corrected chi connectivity index (χ3v) is 4.93. The molecule has 0 aromatic carbocycles. The topological polar surface area (TPSA) is 125 Å². The molecule has 0 bridgehead atoms. The van der Waals surface area contributed by atoms with E-state index in [0.717, 1.165) is 23.0 Å². The third kappa shape index (κ3) is 3.63. The average Bonchev–Trinajstić information content (AvgIpc) is 3.30. The Hall–Kier alpha value is -3.32. The SMILES string of the molecule is Cc1occc1-c1nnc(SCC(=O)[O-])n1/N=C\c1cc(C#N)n(C)c1C. The van der Waals surface area contributed by atoms with Crippen molar-refractivity contribution in [2.75, 3.05) is 5.75 Å². The highest BCUT2D eigenvalue weighted by molar-refractivity contribution is 7.99. The summed E-state index contributed by atoms with van der Waals surface area (Å²) in [6, 6.07) is 5.57. The van der Waals surface area contributed by atoms with Crippen molar-refractivity contribution in [3.05, 3.63) is 41.1 Å². The molecule has 0 fully saturated rings. The minimum absolute atomic E-state index is 0.277. The number of carbonyl (C=O) groups is 1. The van der Waals surface area contributed by atoms with Crippen molar-refractivity contribution in [3.63, 3.8) is 0 Å². The van der Waals surface area contributed by atoms with Crippen LogP contribution in [0.1, 0.15) is 22.7 Å². The molecular formula is C17H15N6O3S-. The van der Waals surface area contributed by atoms with Crippen molar-refractivity contribution >= 4 is 23.9 Å². The number of hydrogen-bond donors (Lipinski definition) is 0. The van der Waals surface area contributed by atoms with Gasteiger partial charge < -0.3 is 18.9 Å². The van der Waals surface area contributed by atoms with Gasteiger partial charge in [-0.15, -0.1) is 10.2 Å². The fraction of sp³-hybridized carbons (Fsp3) is 0.235. The lowest BCUT2D eigenvalue weighted by molar-refractivity contribution is -0.301. The van der Waals surface area contributed by atoms with Gasteiger partial charge in [0.05, 0.1) is 24.0 Å². The van der Waals surface area contributed by atoms with Gasteiger partial charge in [0.25, 0.3) is 0 Å². The quantitative estimate of drug-likeness (QED) is 0.461. The fourth-order valence-corrected chi connectivity index (χ4v) is 3.05. The van der Waals surface area contributed by atoms with Crippen molar-refractivity contribution < 1.29 is 14.3 Å². The number of nitriles is 1. The Morgan fingerprint density at radius 1 is 1.48 bits per heavy atom. The minimum atomic E-state index is -1.21. The molecule has 10 heteroatoms. The zero-order valence-corrected chi connectivity index (χ0v) is 15.6. The molecule has 3 heterocycles. The smallest absolute Gasteiger partial charge is 0.212 e. The molecule has 0 unspecified atom stereocenters. The first-order valence-corrected chi connectivity index (χ1v) is 8.84. The predicted octanol–water partition coefficient (Wildman–Crippen LogP) is 1.09. The van der Waals surface area contributed by atoms with E-state index < -0.39 is 5.97 Å². The first-order chi connectivity index (χ1) is 12.9. The highest BCUT2D eigenvalue weighted by Crippen LogP contribution is 2.27.